The van der Waals surface area contributed by atoms with Gasteiger partial charge in [-0.1, -0.05) is 95.9 Å². The molecule has 6 aromatic heterocycles. The summed E-state index contributed by atoms with van der Waals surface area (Å²) < 4.78 is 32.1. The maximum absolute atomic E-state index is 16.1. The van der Waals surface area contributed by atoms with E-state index in [2.05, 4.69) is 81.8 Å². The summed E-state index contributed by atoms with van der Waals surface area (Å²) in [7, 11) is 0. The Morgan fingerprint density at radius 1 is 0.565 bits per heavy atom. The molecule has 0 bridgehead atoms. The summed E-state index contributed by atoms with van der Waals surface area (Å²) in [5.74, 6) is 7.33. The number of hydrogen-bond donors (Lipinski definition) is 0. The van der Waals surface area contributed by atoms with Gasteiger partial charge < -0.3 is 8.98 Å². The fourth-order valence-corrected chi connectivity index (χ4v) is 11.5. The Bertz CT molecular complexity index is 4120. The molecule has 0 unspecified atom stereocenters. The first kappa shape index (κ1) is 44.2. The van der Waals surface area contributed by atoms with Gasteiger partial charge >= 0.3 is 144 Å². The van der Waals surface area contributed by atoms with Crippen molar-refractivity contribution in [3.8, 4) is 39.5 Å². The maximum atomic E-state index is 16.1. The van der Waals surface area contributed by atoms with Gasteiger partial charge in [0.15, 0.2) is 0 Å². The van der Waals surface area contributed by atoms with Crippen LogP contribution in [0.3, 0.4) is 0 Å². The first-order valence-electron chi connectivity index (χ1n) is 22.6. The molecule has 1 radical (unpaired) electrons. The van der Waals surface area contributed by atoms with Crippen molar-refractivity contribution in [3.05, 3.63) is 193 Å². The quantitative estimate of drug-likeness (QED) is 0.0970. The van der Waals surface area contributed by atoms with Gasteiger partial charge in [-0.15, -0.1) is 18.2 Å². The van der Waals surface area contributed by atoms with Crippen LogP contribution >= 0.6 is 0 Å². The van der Waals surface area contributed by atoms with E-state index < -0.39 is 13.3 Å². The van der Waals surface area contributed by atoms with E-state index in [4.69, 9.17) is 18.8 Å². The molecule has 0 aliphatic rings. The Morgan fingerprint density at radius 3 is 2.01 bits per heavy atom. The number of imidazole rings is 1. The van der Waals surface area contributed by atoms with E-state index >= 15 is 4.39 Å². The molecule has 10 heteroatoms. The number of nitrogens with zero attached hydrogens (tertiary/aromatic N) is 5. The Kier molecular flexibility index (Phi) is 11.1. The third-order valence-electron chi connectivity index (χ3n) is 12.9. The number of hydrogen-bond acceptors (Lipinski definition) is 6. The van der Waals surface area contributed by atoms with Gasteiger partial charge in [0, 0.05) is 42.0 Å². The van der Waals surface area contributed by atoms with Crippen LogP contribution in [-0.2, 0) is 20.1 Å². The molecule has 7 aromatic carbocycles. The minimum Gasteiger partial charge on any atom is -0.498 e. The van der Waals surface area contributed by atoms with Crippen LogP contribution in [0.25, 0.3) is 116 Å². The second kappa shape index (κ2) is 17.3. The number of benzene rings is 7. The van der Waals surface area contributed by atoms with Crippen LogP contribution < -0.4 is 4.40 Å². The molecule has 13 aromatic rings. The van der Waals surface area contributed by atoms with Gasteiger partial charge in [0.25, 0.3) is 0 Å². The number of fused-ring (bicyclic) bond motifs is 11. The monoisotopic (exact) mass is 1140 g/mol. The van der Waals surface area contributed by atoms with Crippen LogP contribution in [0.15, 0.2) is 173 Å². The number of furan rings is 2. The molecule has 0 spiro atoms. The fraction of sp³-hybridized carbons (Fsp3) is 0.0847. The van der Waals surface area contributed by atoms with E-state index in [9.17, 15) is 0 Å². The second-order valence-electron chi connectivity index (χ2n) is 18.3. The summed E-state index contributed by atoms with van der Waals surface area (Å²) in [6.45, 7) is 4.00. The Labute approximate surface area is 413 Å². The summed E-state index contributed by atoms with van der Waals surface area (Å²) in [4.78, 5) is 19.2. The smallest absolute Gasteiger partial charge is 0.147 e. The van der Waals surface area contributed by atoms with Gasteiger partial charge in [0.05, 0.1) is 28.1 Å². The summed E-state index contributed by atoms with van der Waals surface area (Å²) in [5.41, 5.74) is 11.7. The van der Waals surface area contributed by atoms with Crippen molar-refractivity contribution in [2.75, 3.05) is 0 Å². The van der Waals surface area contributed by atoms with Gasteiger partial charge in [0.2, 0.25) is 0 Å². The van der Waals surface area contributed by atoms with Crippen LogP contribution in [0.1, 0.15) is 11.4 Å². The van der Waals surface area contributed by atoms with Crippen LogP contribution in [0, 0.1) is 31.8 Å². The summed E-state index contributed by atoms with van der Waals surface area (Å²) in [6.07, 6.45) is 2.02. The van der Waals surface area contributed by atoms with Gasteiger partial charge in [-0.2, -0.15) is 0 Å². The molecular formula is C59H42FGeIrN5O2-2. The van der Waals surface area contributed by atoms with E-state index in [1.807, 2.05) is 134 Å². The van der Waals surface area contributed by atoms with Crippen LogP contribution in [0.5, 0.6) is 0 Å². The first-order valence-corrected chi connectivity index (χ1v) is 30.0. The molecule has 0 fully saturated rings. The average molecular weight is 1140 g/mol. The molecule has 0 atom stereocenters. The number of aromatic nitrogens is 5. The Hall–Kier alpha value is -7.30. The van der Waals surface area contributed by atoms with Gasteiger partial charge in [-0.05, 0) is 47.7 Å². The van der Waals surface area contributed by atoms with E-state index in [-0.39, 0.29) is 25.9 Å². The predicted octanol–water partition coefficient (Wildman–Crippen LogP) is 14.9. The minimum atomic E-state index is -1.85. The Morgan fingerprint density at radius 2 is 1.25 bits per heavy atom. The molecule has 0 N–H and O–H groups in total. The predicted molar refractivity (Wildman–Crippen MR) is 277 cm³/mol. The zero-order valence-electron chi connectivity index (χ0n) is 38.4. The molecule has 69 heavy (non-hydrogen) atoms. The molecule has 0 saturated carbocycles. The van der Waals surface area contributed by atoms with E-state index in [1.54, 1.807) is 6.07 Å². The first-order chi connectivity index (χ1) is 33.1. The van der Waals surface area contributed by atoms with Crippen molar-refractivity contribution in [2.24, 2.45) is 0 Å². The van der Waals surface area contributed by atoms with Crippen molar-refractivity contribution in [2.45, 2.75) is 31.1 Å². The summed E-state index contributed by atoms with van der Waals surface area (Å²) in [6, 6.07) is 58.4. The van der Waals surface area contributed by atoms with Crippen molar-refractivity contribution in [3.63, 3.8) is 0 Å². The minimum absolute atomic E-state index is 0. The standard InChI is InChI=1S/C39H23FN3O.C20H19GeN2O.Ir/c1-23-26-12-5-6-13-27(26)28-19-20-30-29-14-9-15-31(37(29)44-38(30)36(28)41-23)39-42-33-16-7-8-17-35(33)43(39)34-21-18-25(22-32(34)40)24-10-3-2-4-11-24;1-13-8-10-16-15-6-5-7-17(19(15)24-20(16)23-13)18-11-9-14(12-22-18)21(2,3)4;/h2-14,16-22H,1H3;5-6,8-12H,1-4H3;/q2*-1;. The van der Waals surface area contributed by atoms with Crippen LogP contribution in [0.4, 0.5) is 4.39 Å². The third kappa shape index (κ3) is 7.62. The molecule has 0 saturated heterocycles. The SMILES string of the molecule is Cc1ccc2c(n1)oc1c(-c3cc[c]([Ge]([CH3])([CH3])[CH3])cn3)[c-]ccc12.Cc1nc2c(ccc3c4cc[c-]c(-c5nc6ccccc6n5-c5ccc(-c6ccccc6)cc5F)c4oc32)c2ccccc12.[Ir]. The van der Waals surface area contributed by atoms with Crippen molar-refractivity contribution in [1.29, 1.82) is 0 Å². The molecule has 0 aliphatic heterocycles. The van der Waals surface area contributed by atoms with Crippen LogP contribution in [0.2, 0.25) is 17.3 Å². The van der Waals surface area contributed by atoms with E-state index in [0.717, 1.165) is 93.6 Å². The van der Waals surface area contributed by atoms with Gasteiger partial charge in [-0.3, -0.25) is 4.98 Å². The number of aryl methyl sites for hydroxylation is 2. The summed E-state index contributed by atoms with van der Waals surface area (Å²) >= 11 is -1.85. The zero-order valence-corrected chi connectivity index (χ0v) is 42.8. The number of pyridine rings is 3. The third-order valence-corrected chi connectivity index (χ3v) is 17.1. The van der Waals surface area contributed by atoms with Crippen molar-refractivity contribution < 1.29 is 33.3 Å². The molecule has 7 nitrogen and oxygen atoms in total. The number of halogens is 1. The Balaban J connectivity index is 0.000000176. The van der Waals surface area contributed by atoms with E-state index in [1.165, 1.54) is 4.40 Å². The number of para-hydroxylation sites is 2. The largest absolute Gasteiger partial charge is 0.498 e. The number of rotatable bonds is 5. The molecule has 13 rings (SSSR count). The topological polar surface area (TPSA) is 82.8 Å². The van der Waals surface area contributed by atoms with Crippen LogP contribution in [-0.4, -0.2) is 37.8 Å². The van der Waals surface area contributed by atoms with Gasteiger partial charge in [-0.25, -0.2) is 9.37 Å². The summed E-state index contributed by atoms with van der Waals surface area (Å²) in [5, 5.41) is 7.29. The maximum Gasteiger partial charge on any atom is 0.147 e. The molecule has 0 amide bonds. The van der Waals surface area contributed by atoms with Crippen molar-refractivity contribution in [1.82, 2.24) is 24.5 Å². The average Bonchev–Trinajstić information content (AvgIpc) is 4.06. The zero-order chi connectivity index (χ0) is 46.3. The molecular weight excluding hydrogens is 1090 g/mol. The van der Waals surface area contributed by atoms with E-state index in [0.29, 0.717) is 34.0 Å². The fourth-order valence-electron chi connectivity index (χ4n) is 9.37. The molecule has 337 valence electrons. The molecule has 6 heterocycles. The normalized spacial score (nSPS) is 11.8. The van der Waals surface area contributed by atoms with Crippen molar-refractivity contribution >= 4 is 94.4 Å². The molecule has 0 aliphatic carbocycles. The van der Waals surface area contributed by atoms with Gasteiger partial charge in [0.1, 0.15) is 16.9 Å². The second-order valence-corrected chi connectivity index (χ2v) is 28.9.